The lowest BCUT2D eigenvalue weighted by molar-refractivity contribution is 0.225. The van der Waals surface area contributed by atoms with Crippen LogP contribution in [-0.2, 0) is 6.54 Å². The van der Waals surface area contributed by atoms with Crippen molar-refractivity contribution in [3.8, 4) is 0 Å². The van der Waals surface area contributed by atoms with Crippen molar-refractivity contribution in [2.24, 2.45) is 0 Å². The second kappa shape index (κ2) is 6.39. The minimum absolute atomic E-state index is 0.194. The van der Waals surface area contributed by atoms with E-state index in [1.54, 1.807) is 17.2 Å². The molecule has 0 bridgehead atoms. The molecule has 2 amide bonds. The number of hydrogen-bond donors (Lipinski definition) is 2. The van der Waals surface area contributed by atoms with E-state index in [1.807, 2.05) is 51.1 Å². The van der Waals surface area contributed by atoms with Crippen LogP contribution in [0.5, 0.6) is 0 Å². The highest BCUT2D eigenvalue weighted by molar-refractivity contribution is 5.75. The molecule has 0 aliphatic carbocycles. The Morgan fingerprint density at radius 1 is 1.19 bits per heavy atom. The van der Waals surface area contributed by atoms with Crippen LogP contribution in [0.4, 0.5) is 4.79 Å². The first-order chi connectivity index (χ1) is 9.94. The van der Waals surface area contributed by atoms with Crippen molar-refractivity contribution in [3.63, 3.8) is 0 Å². The molecule has 0 saturated carbocycles. The predicted octanol–water partition coefficient (Wildman–Crippen LogP) is 2.12. The molecule has 6 heteroatoms. The maximum Gasteiger partial charge on any atom is 0.315 e. The number of nitrogens with zero attached hydrogens (tertiary/aromatic N) is 3. The average molecular weight is 287 g/mol. The number of carbonyl (C=O) groups is 1. The van der Waals surface area contributed by atoms with E-state index in [9.17, 15) is 4.79 Å². The number of hydrogen-bond acceptors (Lipinski definition) is 3. The highest BCUT2D eigenvalue weighted by Crippen LogP contribution is 2.14. The molecule has 1 heterocycles. The van der Waals surface area contributed by atoms with Crippen LogP contribution in [0.15, 0.2) is 42.7 Å². The molecule has 1 aromatic carbocycles. The first kappa shape index (κ1) is 15.0. The van der Waals surface area contributed by atoms with Crippen LogP contribution >= 0.6 is 0 Å². The third kappa shape index (κ3) is 4.91. The summed E-state index contributed by atoms with van der Waals surface area (Å²) in [6.45, 7) is 6.31. The molecule has 0 fully saturated rings. The fourth-order valence-electron chi connectivity index (χ4n) is 1.96. The van der Waals surface area contributed by atoms with Crippen LogP contribution in [0, 0.1) is 0 Å². The first-order valence-electron chi connectivity index (χ1n) is 6.92. The fourth-order valence-corrected chi connectivity index (χ4v) is 1.96. The van der Waals surface area contributed by atoms with Gasteiger partial charge in [-0.3, -0.25) is 0 Å². The van der Waals surface area contributed by atoms with Gasteiger partial charge in [0.15, 0.2) is 0 Å². The second-order valence-electron chi connectivity index (χ2n) is 5.90. The minimum atomic E-state index is -0.282. The Bertz CT molecular complexity index is 560. The highest BCUT2D eigenvalue weighted by Gasteiger charge is 2.19. The van der Waals surface area contributed by atoms with Crippen LogP contribution in [0.2, 0.25) is 0 Å². The molecule has 1 aromatic heterocycles. The number of benzene rings is 1. The minimum Gasteiger partial charge on any atom is -0.334 e. The molecule has 2 N–H and O–H groups in total. The van der Waals surface area contributed by atoms with Gasteiger partial charge < -0.3 is 10.6 Å². The average Bonchev–Trinajstić information content (AvgIpc) is 2.90. The van der Waals surface area contributed by atoms with Gasteiger partial charge in [-0.15, -0.1) is 0 Å². The van der Waals surface area contributed by atoms with Crippen LogP contribution in [0.3, 0.4) is 0 Å². The lowest BCUT2D eigenvalue weighted by Crippen LogP contribution is -2.48. The molecule has 0 aliphatic heterocycles. The van der Waals surface area contributed by atoms with E-state index in [1.165, 1.54) is 0 Å². The van der Waals surface area contributed by atoms with E-state index < -0.39 is 0 Å². The van der Waals surface area contributed by atoms with Gasteiger partial charge in [-0.2, -0.15) is 15.0 Å². The van der Waals surface area contributed by atoms with Crippen molar-refractivity contribution in [2.45, 2.75) is 38.9 Å². The standard InChI is InChI=1S/C15H21N5O/c1-15(2,3)19-14(21)18-13(11-20-16-9-10-17-20)12-7-5-4-6-8-12/h4-10,13H,11H2,1-3H3,(H2,18,19,21). The Balaban J connectivity index is 2.11. The third-order valence-electron chi connectivity index (χ3n) is 2.81. The number of aromatic nitrogens is 3. The Morgan fingerprint density at radius 3 is 2.38 bits per heavy atom. The molecule has 1 atom stereocenters. The van der Waals surface area contributed by atoms with E-state index in [0.717, 1.165) is 5.56 Å². The molecular formula is C15H21N5O. The number of urea groups is 1. The summed E-state index contributed by atoms with van der Waals surface area (Å²) >= 11 is 0. The molecule has 6 nitrogen and oxygen atoms in total. The summed E-state index contributed by atoms with van der Waals surface area (Å²) in [5.74, 6) is 0. The maximum absolute atomic E-state index is 12.1. The molecule has 112 valence electrons. The topological polar surface area (TPSA) is 71.8 Å². The van der Waals surface area contributed by atoms with Crippen molar-refractivity contribution in [2.75, 3.05) is 0 Å². The maximum atomic E-state index is 12.1. The van der Waals surface area contributed by atoms with E-state index in [0.29, 0.717) is 6.54 Å². The third-order valence-corrected chi connectivity index (χ3v) is 2.81. The van der Waals surface area contributed by atoms with Crippen molar-refractivity contribution >= 4 is 6.03 Å². The summed E-state index contributed by atoms with van der Waals surface area (Å²) in [6.07, 6.45) is 3.24. The number of amides is 2. The molecule has 2 rings (SSSR count). The molecule has 21 heavy (non-hydrogen) atoms. The van der Waals surface area contributed by atoms with E-state index >= 15 is 0 Å². The zero-order valence-electron chi connectivity index (χ0n) is 12.6. The molecule has 0 aliphatic rings. The van der Waals surface area contributed by atoms with Gasteiger partial charge in [0.05, 0.1) is 25.0 Å². The van der Waals surface area contributed by atoms with Crippen molar-refractivity contribution < 1.29 is 4.79 Å². The fraction of sp³-hybridized carbons (Fsp3) is 0.400. The Kier molecular flexibility index (Phi) is 4.57. The Hall–Kier alpha value is -2.37. The summed E-state index contributed by atoms with van der Waals surface area (Å²) in [5, 5.41) is 14.1. The molecule has 1 unspecified atom stereocenters. The van der Waals surface area contributed by atoms with Gasteiger partial charge in [0.25, 0.3) is 0 Å². The van der Waals surface area contributed by atoms with E-state index in [-0.39, 0.29) is 17.6 Å². The lowest BCUT2D eigenvalue weighted by atomic mass is 10.1. The van der Waals surface area contributed by atoms with Crippen LogP contribution in [-0.4, -0.2) is 26.6 Å². The SMILES string of the molecule is CC(C)(C)NC(=O)NC(Cn1nccn1)c1ccccc1. The lowest BCUT2D eigenvalue weighted by Gasteiger charge is -2.24. The summed E-state index contributed by atoms with van der Waals surface area (Å²) in [6, 6.07) is 9.40. The van der Waals surface area contributed by atoms with E-state index in [2.05, 4.69) is 20.8 Å². The van der Waals surface area contributed by atoms with Gasteiger partial charge in [-0.05, 0) is 26.3 Å². The Morgan fingerprint density at radius 2 is 1.81 bits per heavy atom. The molecule has 2 aromatic rings. The van der Waals surface area contributed by atoms with Crippen molar-refractivity contribution in [3.05, 3.63) is 48.3 Å². The van der Waals surface area contributed by atoms with Crippen LogP contribution < -0.4 is 10.6 Å². The number of carbonyl (C=O) groups excluding carboxylic acids is 1. The quantitative estimate of drug-likeness (QED) is 0.904. The smallest absolute Gasteiger partial charge is 0.315 e. The monoisotopic (exact) mass is 287 g/mol. The summed E-state index contributed by atoms with van der Waals surface area (Å²) in [4.78, 5) is 13.7. The molecule has 0 spiro atoms. The van der Waals surface area contributed by atoms with Crippen LogP contribution in [0.25, 0.3) is 0 Å². The van der Waals surface area contributed by atoms with Gasteiger partial charge >= 0.3 is 6.03 Å². The predicted molar refractivity (Wildman–Crippen MR) is 80.6 cm³/mol. The van der Waals surface area contributed by atoms with Gasteiger partial charge in [-0.1, -0.05) is 30.3 Å². The zero-order chi connectivity index (χ0) is 15.3. The van der Waals surface area contributed by atoms with Crippen molar-refractivity contribution in [1.29, 1.82) is 0 Å². The molecule has 0 saturated heterocycles. The normalized spacial score (nSPS) is 12.7. The summed E-state index contributed by atoms with van der Waals surface area (Å²) in [5.41, 5.74) is 0.730. The van der Waals surface area contributed by atoms with Crippen molar-refractivity contribution in [1.82, 2.24) is 25.6 Å². The summed E-state index contributed by atoms with van der Waals surface area (Å²) < 4.78 is 0. The molecular weight excluding hydrogens is 266 g/mol. The highest BCUT2D eigenvalue weighted by atomic mass is 16.2. The number of rotatable bonds is 4. The van der Waals surface area contributed by atoms with E-state index in [4.69, 9.17) is 0 Å². The van der Waals surface area contributed by atoms with Crippen LogP contribution in [0.1, 0.15) is 32.4 Å². The largest absolute Gasteiger partial charge is 0.334 e. The Labute approximate surface area is 124 Å². The van der Waals surface area contributed by atoms with Gasteiger partial charge in [0.1, 0.15) is 0 Å². The first-order valence-corrected chi connectivity index (χ1v) is 6.92. The molecule has 0 radical (unpaired) electrons. The summed E-state index contributed by atoms with van der Waals surface area (Å²) in [7, 11) is 0. The second-order valence-corrected chi connectivity index (χ2v) is 5.90. The number of nitrogens with one attached hydrogen (secondary N) is 2. The van der Waals surface area contributed by atoms with Gasteiger partial charge in [-0.25, -0.2) is 4.79 Å². The van der Waals surface area contributed by atoms with Gasteiger partial charge in [0, 0.05) is 5.54 Å². The van der Waals surface area contributed by atoms with Gasteiger partial charge in [0.2, 0.25) is 0 Å². The zero-order valence-corrected chi connectivity index (χ0v) is 12.6.